The molecular weight excluding hydrogens is 66.0 g/mol. The zero-order valence-electron chi connectivity index (χ0n) is 2.77. The molecule has 0 atom stereocenters. The molecule has 0 fully saturated rings. The SMILES string of the molecule is C=C(N)C=O. The summed E-state index contributed by atoms with van der Waals surface area (Å²) >= 11 is 0. The normalized spacial score (nSPS) is 6.40. The minimum atomic E-state index is 0.0741. The molecule has 0 aromatic carbocycles. The van der Waals surface area contributed by atoms with E-state index in [1.54, 1.807) is 0 Å². The summed E-state index contributed by atoms with van der Waals surface area (Å²) in [5, 5.41) is 0. The van der Waals surface area contributed by atoms with E-state index < -0.39 is 0 Å². The first-order valence-electron chi connectivity index (χ1n) is 1.17. The molecule has 0 bridgehead atoms. The summed E-state index contributed by atoms with van der Waals surface area (Å²) in [5.74, 6) is 0. The molecule has 0 rings (SSSR count). The average Bonchev–Trinajstić information content (AvgIpc) is 1.38. The van der Waals surface area contributed by atoms with Crippen LogP contribution in [0.15, 0.2) is 12.3 Å². The lowest BCUT2D eigenvalue weighted by Crippen LogP contribution is -1.92. The van der Waals surface area contributed by atoms with E-state index in [0.717, 1.165) is 0 Å². The number of aldehydes is 1. The smallest absolute Gasteiger partial charge is 0.165 e. The monoisotopic (exact) mass is 71.0 g/mol. The van der Waals surface area contributed by atoms with Crippen LogP contribution < -0.4 is 5.73 Å². The number of carbonyl (C=O) groups is 1. The molecule has 0 spiro atoms. The maximum Gasteiger partial charge on any atom is 0.165 e. The highest BCUT2D eigenvalue weighted by Crippen LogP contribution is 1.55. The summed E-state index contributed by atoms with van der Waals surface area (Å²) in [7, 11) is 0. The van der Waals surface area contributed by atoms with Gasteiger partial charge in [-0.15, -0.1) is 0 Å². The topological polar surface area (TPSA) is 43.1 Å². The molecule has 0 aliphatic carbocycles. The van der Waals surface area contributed by atoms with Gasteiger partial charge >= 0.3 is 0 Å². The van der Waals surface area contributed by atoms with Crippen molar-refractivity contribution < 1.29 is 4.79 Å². The number of hydrogen-bond donors (Lipinski definition) is 1. The number of carbonyl (C=O) groups excluding carboxylic acids is 1. The minimum Gasteiger partial charge on any atom is -0.397 e. The van der Waals surface area contributed by atoms with Gasteiger partial charge in [0.15, 0.2) is 6.29 Å². The molecule has 0 saturated carbocycles. The first kappa shape index (κ1) is 4.21. The van der Waals surface area contributed by atoms with Crippen molar-refractivity contribution in [2.75, 3.05) is 0 Å². The van der Waals surface area contributed by atoms with Crippen LogP contribution in [-0.4, -0.2) is 6.29 Å². The molecular formula is C3H5NO. The Morgan fingerprint density at radius 2 is 2.20 bits per heavy atom. The quantitative estimate of drug-likeness (QED) is 0.339. The lowest BCUT2D eigenvalue weighted by Gasteiger charge is -1.69. The van der Waals surface area contributed by atoms with Gasteiger partial charge in [-0.2, -0.15) is 0 Å². The van der Waals surface area contributed by atoms with Crippen molar-refractivity contribution in [2.45, 2.75) is 0 Å². The molecule has 0 amide bonds. The van der Waals surface area contributed by atoms with Gasteiger partial charge < -0.3 is 5.73 Å². The second-order valence-corrected chi connectivity index (χ2v) is 0.693. The molecule has 0 aliphatic heterocycles. The van der Waals surface area contributed by atoms with E-state index in [9.17, 15) is 4.79 Å². The zero-order valence-corrected chi connectivity index (χ0v) is 2.77. The number of hydrogen-bond acceptors (Lipinski definition) is 2. The maximum atomic E-state index is 9.28. The van der Waals surface area contributed by atoms with Crippen LogP contribution in [0, 0.1) is 0 Å². The van der Waals surface area contributed by atoms with E-state index >= 15 is 0 Å². The molecule has 0 aromatic heterocycles. The van der Waals surface area contributed by atoms with Crippen LogP contribution in [0.2, 0.25) is 0 Å². The van der Waals surface area contributed by atoms with Crippen molar-refractivity contribution in [1.29, 1.82) is 0 Å². The molecule has 2 N–H and O–H groups in total. The van der Waals surface area contributed by atoms with E-state index in [-0.39, 0.29) is 5.70 Å². The Balaban J connectivity index is 3.20. The molecule has 0 unspecified atom stereocenters. The van der Waals surface area contributed by atoms with Gasteiger partial charge in [0, 0.05) is 0 Å². The van der Waals surface area contributed by atoms with Crippen LogP contribution in [-0.2, 0) is 4.79 Å². The Morgan fingerprint density at radius 1 is 2.00 bits per heavy atom. The Labute approximate surface area is 30.3 Å². The van der Waals surface area contributed by atoms with E-state index in [0.29, 0.717) is 6.29 Å². The highest BCUT2D eigenvalue weighted by Gasteiger charge is 1.65. The van der Waals surface area contributed by atoms with Crippen molar-refractivity contribution in [3.05, 3.63) is 12.3 Å². The Kier molecular flexibility index (Phi) is 1.28. The summed E-state index contributed by atoms with van der Waals surface area (Å²) in [5.41, 5.74) is 4.80. The summed E-state index contributed by atoms with van der Waals surface area (Å²) in [6.07, 6.45) is 0.500. The largest absolute Gasteiger partial charge is 0.397 e. The van der Waals surface area contributed by atoms with Gasteiger partial charge in [0.2, 0.25) is 0 Å². The lowest BCUT2D eigenvalue weighted by molar-refractivity contribution is -0.104. The fraction of sp³-hybridized carbons (Fsp3) is 0. The predicted octanol–water partition coefficient (Wildman–Crippen LogP) is -0.342. The number of allylic oxidation sites excluding steroid dienone is 1. The Bertz CT molecular complexity index is 57.9. The third kappa shape index (κ3) is 3.21. The molecule has 0 saturated heterocycles. The van der Waals surface area contributed by atoms with Crippen LogP contribution >= 0.6 is 0 Å². The molecule has 28 valence electrons. The third-order valence-electron chi connectivity index (χ3n) is 0.151. The van der Waals surface area contributed by atoms with Gasteiger partial charge in [-0.25, -0.2) is 0 Å². The molecule has 2 heteroatoms. The van der Waals surface area contributed by atoms with E-state index in [4.69, 9.17) is 5.73 Å². The number of nitrogens with two attached hydrogens (primary N) is 1. The first-order valence-corrected chi connectivity index (χ1v) is 1.17. The molecule has 0 radical (unpaired) electrons. The standard InChI is InChI=1S/C3H5NO/c1-3(4)2-5/h2H,1,4H2. The van der Waals surface area contributed by atoms with Gasteiger partial charge in [-0.3, -0.25) is 4.79 Å². The maximum absolute atomic E-state index is 9.28. The summed E-state index contributed by atoms with van der Waals surface area (Å²) in [6.45, 7) is 3.08. The molecule has 5 heavy (non-hydrogen) atoms. The fourth-order valence-corrected chi connectivity index (χ4v) is 0. The lowest BCUT2D eigenvalue weighted by atomic mass is 10.6. The molecule has 0 aromatic rings. The fourth-order valence-electron chi connectivity index (χ4n) is 0. The predicted molar refractivity (Wildman–Crippen MR) is 19.4 cm³/mol. The summed E-state index contributed by atoms with van der Waals surface area (Å²) in [6, 6.07) is 0. The van der Waals surface area contributed by atoms with Crippen LogP contribution in [0.5, 0.6) is 0 Å². The van der Waals surface area contributed by atoms with Crippen molar-refractivity contribution in [2.24, 2.45) is 5.73 Å². The summed E-state index contributed by atoms with van der Waals surface area (Å²) in [4.78, 5) is 9.28. The highest BCUT2D eigenvalue weighted by atomic mass is 16.1. The number of rotatable bonds is 1. The van der Waals surface area contributed by atoms with Gasteiger partial charge in [0.05, 0.1) is 5.70 Å². The van der Waals surface area contributed by atoms with Crippen molar-refractivity contribution in [1.82, 2.24) is 0 Å². The van der Waals surface area contributed by atoms with E-state index in [2.05, 4.69) is 6.58 Å². The van der Waals surface area contributed by atoms with Gasteiger partial charge in [-0.1, -0.05) is 6.58 Å². The van der Waals surface area contributed by atoms with E-state index in [1.807, 2.05) is 0 Å². The van der Waals surface area contributed by atoms with Crippen LogP contribution in [0.3, 0.4) is 0 Å². The van der Waals surface area contributed by atoms with Crippen molar-refractivity contribution >= 4 is 6.29 Å². The van der Waals surface area contributed by atoms with Crippen molar-refractivity contribution in [3.8, 4) is 0 Å². The van der Waals surface area contributed by atoms with E-state index in [1.165, 1.54) is 0 Å². The van der Waals surface area contributed by atoms with Gasteiger partial charge in [-0.05, 0) is 0 Å². The second-order valence-electron chi connectivity index (χ2n) is 0.693. The average molecular weight is 71.1 g/mol. The van der Waals surface area contributed by atoms with Crippen LogP contribution in [0.4, 0.5) is 0 Å². The Hall–Kier alpha value is -0.790. The zero-order chi connectivity index (χ0) is 4.28. The second kappa shape index (κ2) is 1.52. The summed E-state index contributed by atoms with van der Waals surface area (Å²) < 4.78 is 0. The first-order chi connectivity index (χ1) is 2.27. The molecule has 0 heterocycles. The Morgan fingerprint density at radius 3 is 2.20 bits per heavy atom. The third-order valence-corrected chi connectivity index (χ3v) is 0.151. The van der Waals surface area contributed by atoms with Crippen LogP contribution in [0.25, 0.3) is 0 Å². The molecule has 0 aliphatic rings. The van der Waals surface area contributed by atoms with Crippen molar-refractivity contribution in [3.63, 3.8) is 0 Å². The van der Waals surface area contributed by atoms with Gasteiger partial charge in [0.1, 0.15) is 0 Å². The highest BCUT2D eigenvalue weighted by molar-refractivity contribution is 5.70. The van der Waals surface area contributed by atoms with Crippen LogP contribution in [0.1, 0.15) is 0 Å². The molecule has 2 nitrogen and oxygen atoms in total. The van der Waals surface area contributed by atoms with Gasteiger partial charge in [0.25, 0.3) is 0 Å². The minimum absolute atomic E-state index is 0.0741.